The zero-order chi connectivity index (χ0) is 26.7. The van der Waals surface area contributed by atoms with Crippen LogP contribution in [0.5, 0.6) is 11.5 Å². The third-order valence-corrected chi connectivity index (χ3v) is 6.58. The van der Waals surface area contributed by atoms with Crippen LogP contribution >= 0.6 is 11.8 Å². The Kier molecular flexibility index (Phi) is 8.10. The van der Waals surface area contributed by atoms with Gasteiger partial charge in [0.25, 0.3) is 0 Å². The molecule has 4 rings (SSSR count). The molecule has 1 saturated heterocycles. The SMILES string of the molecule is CSc1nnc(-c2cc(C(C)C)c(O)cc2OC(=O)C(F)(F)F)n1-c1ccc(CN2CCOCC2)cc1. The van der Waals surface area contributed by atoms with Crippen molar-refractivity contribution in [1.82, 2.24) is 19.7 Å². The predicted octanol–water partition coefficient (Wildman–Crippen LogP) is 4.79. The number of hydrogen-bond acceptors (Lipinski definition) is 8. The molecule has 1 aromatic heterocycles. The molecule has 2 aromatic carbocycles. The van der Waals surface area contributed by atoms with Gasteiger partial charge in [0.2, 0.25) is 0 Å². The molecule has 0 atom stereocenters. The first-order valence-corrected chi connectivity index (χ1v) is 12.9. The Labute approximate surface area is 216 Å². The molecule has 1 aliphatic heterocycles. The normalized spacial score (nSPS) is 14.8. The number of ether oxygens (including phenoxy) is 2. The molecule has 1 aliphatic rings. The standard InChI is InChI=1S/C25H27F3N4O4S/c1-15(2)18-12-19(21(13-20(18)33)36-23(34)25(26,27)28)22-29-30-24(37-3)32(22)17-6-4-16(5-7-17)14-31-8-10-35-11-9-31/h4-7,12-13,15,33H,8-11,14H2,1-3H3. The summed E-state index contributed by atoms with van der Waals surface area (Å²) >= 11 is 1.31. The van der Waals surface area contributed by atoms with Crippen molar-refractivity contribution in [3.05, 3.63) is 47.5 Å². The number of aromatic nitrogens is 3. The summed E-state index contributed by atoms with van der Waals surface area (Å²) in [5.41, 5.74) is 2.34. The fraction of sp³-hybridized carbons (Fsp3) is 0.400. The highest BCUT2D eigenvalue weighted by atomic mass is 32.2. The second-order valence-electron chi connectivity index (χ2n) is 8.85. The summed E-state index contributed by atoms with van der Waals surface area (Å²) < 4.78 is 50.8. The van der Waals surface area contributed by atoms with Gasteiger partial charge in [0.1, 0.15) is 11.5 Å². The van der Waals surface area contributed by atoms with Gasteiger partial charge < -0.3 is 14.6 Å². The maximum atomic E-state index is 13.0. The average molecular weight is 537 g/mol. The van der Waals surface area contributed by atoms with E-state index in [9.17, 15) is 23.1 Å². The van der Waals surface area contributed by atoms with Crippen LogP contribution in [0.15, 0.2) is 41.6 Å². The fourth-order valence-corrected chi connectivity index (χ4v) is 4.54. The highest BCUT2D eigenvalue weighted by Gasteiger charge is 2.42. The maximum absolute atomic E-state index is 13.0. The van der Waals surface area contributed by atoms with Gasteiger partial charge in [-0.25, -0.2) is 4.79 Å². The second-order valence-corrected chi connectivity index (χ2v) is 9.62. The number of nitrogens with zero attached hydrogens (tertiary/aromatic N) is 4. The van der Waals surface area contributed by atoms with Gasteiger partial charge in [-0.2, -0.15) is 13.2 Å². The molecule has 8 nitrogen and oxygen atoms in total. The van der Waals surface area contributed by atoms with Gasteiger partial charge in [0.05, 0.1) is 18.8 Å². The highest BCUT2D eigenvalue weighted by Crippen LogP contribution is 2.40. The molecule has 0 radical (unpaired) electrons. The lowest BCUT2D eigenvalue weighted by molar-refractivity contribution is -0.189. The van der Waals surface area contributed by atoms with E-state index in [1.54, 1.807) is 10.8 Å². The Bertz CT molecular complexity index is 1260. The third kappa shape index (κ3) is 6.08. The highest BCUT2D eigenvalue weighted by molar-refractivity contribution is 7.98. The van der Waals surface area contributed by atoms with E-state index in [2.05, 4.69) is 19.8 Å². The van der Waals surface area contributed by atoms with Gasteiger partial charge in [-0.1, -0.05) is 37.7 Å². The molecule has 12 heteroatoms. The molecule has 0 amide bonds. The monoisotopic (exact) mass is 536 g/mol. The number of halogens is 3. The lowest BCUT2D eigenvalue weighted by atomic mass is 9.98. The zero-order valence-electron chi connectivity index (χ0n) is 20.6. The Hall–Kier alpha value is -3.09. The number of rotatable bonds is 7. The number of carbonyl (C=O) groups is 1. The third-order valence-electron chi connectivity index (χ3n) is 5.95. The van der Waals surface area contributed by atoms with Crippen LogP contribution in [0.25, 0.3) is 17.1 Å². The first-order valence-electron chi connectivity index (χ1n) is 11.6. The quantitative estimate of drug-likeness (QED) is 0.262. The summed E-state index contributed by atoms with van der Waals surface area (Å²) in [7, 11) is 0. The molecule has 2 heterocycles. The number of alkyl halides is 3. The Morgan fingerprint density at radius 2 is 1.84 bits per heavy atom. The number of carbonyl (C=O) groups excluding carboxylic acids is 1. The van der Waals surface area contributed by atoms with Crippen molar-refractivity contribution in [2.75, 3.05) is 32.6 Å². The van der Waals surface area contributed by atoms with E-state index in [0.29, 0.717) is 29.6 Å². The molecule has 1 N–H and O–H groups in total. The molecular weight excluding hydrogens is 509 g/mol. The van der Waals surface area contributed by atoms with Gasteiger partial charge >= 0.3 is 12.1 Å². The molecule has 0 unspecified atom stereocenters. The van der Waals surface area contributed by atoms with Gasteiger partial charge in [-0.05, 0) is 41.5 Å². The Morgan fingerprint density at radius 1 is 1.16 bits per heavy atom. The molecule has 1 fully saturated rings. The fourth-order valence-electron chi connectivity index (χ4n) is 4.04. The van der Waals surface area contributed by atoms with Gasteiger partial charge in [0.15, 0.2) is 11.0 Å². The molecular formula is C25H27F3N4O4S. The van der Waals surface area contributed by atoms with E-state index in [-0.39, 0.29) is 23.1 Å². The number of thioether (sulfide) groups is 1. The van der Waals surface area contributed by atoms with Crippen molar-refractivity contribution in [3.63, 3.8) is 0 Å². The summed E-state index contributed by atoms with van der Waals surface area (Å²) in [5, 5.41) is 19.3. The topological polar surface area (TPSA) is 89.7 Å². The number of phenols is 1. The van der Waals surface area contributed by atoms with Gasteiger partial charge in [-0.3, -0.25) is 9.47 Å². The number of phenolic OH excluding ortho intramolecular Hbond substituents is 1. The van der Waals surface area contributed by atoms with Crippen molar-refractivity contribution in [3.8, 4) is 28.6 Å². The van der Waals surface area contributed by atoms with Crippen LogP contribution in [-0.2, 0) is 16.1 Å². The summed E-state index contributed by atoms with van der Waals surface area (Å²) in [5.74, 6) is -3.13. The van der Waals surface area contributed by atoms with Crippen LogP contribution in [0.3, 0.4) is 0 Å². The number of hydrogen-bond donors (Lipinski definition) is 1. The lowest BCUT2D eigenvalue weighted by Gasteiger charge is -2.26. The number of morpholine rings is 1. The Balaban J connectivity index is 1.77. The van der Waals surface area contributed by atoms with Crippen molar-refractivity contribution < 1.29 is 32.5 Å². The minimum Gasteiger partial charge on any atom is -0.508 e. The van der Waals surface area contributed by atoms with E-state index in [4.69, 9.17) is 4.74 Å². The van der Waals surface area contributed by atoms with Crippen LogP contribution in [0, 0.1) is 0 Å². The summed E-state index contributed by atoms with van der Waals surface area (Å²) in [4.78, 5) is 14.0. The Morgan fingerprint density at radius 3 is 2.43 bits per heavy atom. The molecule has 0 spiro atoms. The molecule has 0 bridgehead atoms. The average Bonchev–Trinajstić information content (AvgIpc) is 3.28. The minimum absolute atomic E-state index is 0.101. The minimum atomic E-state index is -5.21. The van der Waals surface area contributed by atoms with E-state index in [0.717, 1.165) is 31.3 Å². The van der Waals surface area contributed by atoms with Crippen LogP contribution in [-0.4, -0.2) is 69.5 Å². The van der Waals surface area contributed by atoms with E-state index in [1.807, 2.05) is 38.1 Å². The van der Waals surface area contributed by atoms with Crippen LogP contribution < -0.4 is 4.74 Å². The molecule has 3 aromatic rings. The van der Waals surface area contributed by atoms with Crippen LogP contribution in [0.4, 0.5) is 13.2 Å². The summed E-state index contributed by atoms with van der Waals surface area (Å²) in [6.07, 6.45) is -3.41. The largest absolute Gasteiger partial charge is 0.508 e. The first-order chi connectivity index (χ1) is 17.6. The van der Waals surface area contributed by atoms with Crippen molar-refractivity contribution in [1.29, 1.82) is 0 Å². The molecule has 198 valence electrons. The predicted molar refractivity (Wildman–Crippen MR) is 132 cm³/mol. The van der Waals surface area contributed by atoms with Crippen LogP contribution in [0.1, 0.15) is 30.9 Å². The van der Waals surface area contributed by atoms with Gasteiger partial charge in [-0.15, -0.1) is 10.2 Å². The smallest absolute Gasteiger partial charge is 0.491 e. The van der Waals surface area contributed by atoms with Crippen molar-refractivity contribution in [2.45, 2.75) is 37.6 Å². The number of esters is 1. The number of benzene rings is 2. The van der Waals surface area contributed by atoms with Crippen molar-refractivity contribution >= 4 is 17.7 Å². The lowest BCUT2D eigenvalue weighted by Crippen LogP contribution is -2.35. The molecule has 37 heavy (non-hydrogen) atoms. The van der Waals surface area contributed by atoms with E-state index in [1.165, 1.54) is 17.8 Å². The summed E-state index contributed by atoms with van der Waals surface area (Å²) in [6, 6.07) is 10.2. The maximum Gasteiger partial charge on any atom is 0.491 e. The zero-order valence-corrected chi connectivity index (χ0v) is 21.4. The second kappa shape index (κ2) is 11.1. The van der Waals surface area contributed by atoms with Crippen LogP contribution in [0.2, 0.25) is 0 Å². The molecule has 0 aliphatic carbocycles. The summed E-state index contributed by atoms with van der Waals surface area (Å²) in [6.45, 7) is 7.52. The van der Waals surface area contributed by atoms with Gasteiger partial charge in [0, 0.05) is 31.4 Å². The van der Waals surface area contributed by atoms with E-state index < -0.39 is 17.9 Å². The number of aromatic hydroxyl groups is 1. The molecule has 0 saturated carbocycles. The van der Waals surface area contributed by atoms with E-state index >= 15 is 0 Å². The van der Waals surface area contributed by atoms with Crippen molar-refractivity contribution in [2.24, 2.45) is 0 Å². The first kappa shape index (κ1) is 27.0.